The molecule has 2 N–H and O–H groups in total. The Bertz CT molecular complexity index is 1440. The van der Waals surface area contributed by atoms with Crippen molar-refractivity contribution in [1.82, 2.24) is 25.0 Å². The van der Waals surface area contributed by atoms with E-state index in [4.69, 9.17) is 19.6 Å². The first kappa shape index (κ1) is 21.4. The normalized spacial score (nSPS) is 14.7. The maximum atomic E-state index is 6.07. The third-order valence-corrected chi connectivity index (χ3v) is 6.98. The van der Waals surface area contributed by atoms with Gasteiger partial charge in [-0.25, -0.2) is 4.98 Å². The molecular formula is C26H24N6O2S. The van der Waals surface area contributed by atoms with Crippen LogP contribution in [-0.4, -0.2) is 37.7 Å². The molecule has 0 amide bonds. The summed E-state index contributed by atoms with van der Waals surface area (Å²) < 4.78 is 13.8. The van der Waals surface area contributed by atoms with Gasteiger partial charge in [-0.05, 0) is 30.7 Å². The number of benzene rings is 2. The molecule has 0 spiro atoms. The van der Waals surface area contributed by atoms with Crippen LogP contribution in [0.3, 0.4) is 0 Å². The van der Waals surface area contributed by atoms with E-state index >= 15 is 0 Å². The van der Waals surface area contributed by atoms with Crippen molar-refractivity contribution < 1.29 is 9.47 Å². The van der Waals surface area contributed by atoms with Crippen molar-refractivity contribution in [1.29, 1.82) is 0 Å². The molecule has 0 fully saturated rings. The lowest BCUT2D eigenvalue weighted by molar-refractivity contribution is 0.0759. The molecule has 6 rings (SSSR count). The van der Waals surface area contributed by atoms with Crippen molar-refractivity contribution in [3.8, 4) is 33.3 Å². The molecule has 0 bridgehead atoms. The average molecular weight is 485 g/mol. The summed E-state index contributed by atoms with van der Waals surface area (Å²) in [6.07, 6.45) is 3.74. The number of thiazole rings is 1. The maximum absolute atomic E-state index is 6.07. The highest BCUT2D eigenvalue weighted by Crippen LogP contribution is 2.33. The van der Waals surface area contributed by atoms with E-state index < -0.39 is 0 Å². The van der Waals surface area contributed by atoms with Gasteiger partial charge < -0.3 is 14.8 Å². The van der Waals surface area contributed by atoms with Gasteiger partial charge in [-0.1, -0.05) is 53.8 Å². The van der Waals surface area contributed by atoms with E-state index in [2.05, 4.69) is 27.6 Å². The standard InChI is InChI=1S/C26H24N6O2S/c1-17-25(21-11-12-32(31-21)15-20-16-33-22-9-5-6-10-23(22)34-20)35-26(29-17)27-13-19-14-28-30-24(19)18-7-3-2-4-8-18/h2-12,14,20H,13,15-16H2,1H3,(H,27,29)(H,28,30)/t20-/m0/s1. The van der Waals surface area contributed by atoms with Gasteiger partial charge in [0.05, 0.1) is 29.0 Å². The summed E-state index contributed by atoms with van der Waals surface area (Å²) in [5, 5.41) is 16.4. The summed E-state index contributed by atoms with van der Waals surface area (Å²) in [5.41, 5.74) is 5.06. The molecule has 3 aromatic heterocycles. The highest BCUT2D eigenvalue weighted by Gasteiger charge is 2.22. The van der Waals surface area contributed by atoms with Crippen LogP contribution in [0.4, 0.5) is 5.13 Å². The van der Waals surface area contributed by atoms with Crippen LogP contribution in [0.2, 0.25) is 0 Å². The van der Waals surface area contributed by atoms with E-state index in [1.807, 2.05) is 72.5 Å². The van der Waals surface area contributed by atoms with Gasteiger partial charge in [0.25, 0.3) is 0 Å². The fraction of sp³-hybridized carbons (Fsp3) is 0.192. The van der Waals surface area contributed by atoms with Gasteiger partial charge in [0.15, 0.2) is 22.7 Å². The zero-order chi connectivity index (χ0) is 23.6. The number of rotatable bonds is 7. The van der Waals surface area contributed by atoms with E-state index in [1.54, 1.807) is 11.3 Å². The lowest BCUT2D eigenvalue weighted by atomic mass is 10.1. The first-order chi connectivity index (χ1) is 17.2. The fourth-order valence-corrected chi connectivity index (χ4v) is 5.05. The Hall–Kier alpha value is -4.11. The molecule has 4 heterocycles. The maximum Gasteiger partial charge on any atom is 0.183 e. The van der Waals surface area contributed by atoms with E-state index in [-0.39, 0.29) is 6.10 Å². The van der Waals surface area contributed by atoms with Gasteiger partial charge in [-0.3, -0.25) is 9.78 Å². The van der Waals surface area contributed by atoms with Crippen molar-refractivity contribution >= 4 is 16.5 Å². The zero-order valence-electron chi connectivity index (χ0n) is 19.1. The van der Waals surface area contributed by atoms with Crippen LogP contribution in [0.25, 0.3) is 21.8 Å². The second-order valence-electron chi connectivity index (χ2n) is 8.34. The Balaban J connectivity index is 1.12. The van der Waals surface area contributed by atoms with Crippen LogP contribution in [0.5, 0.6) is 11.5 Å². The summed E-state index contributed by atoms with van der Waals surface area (Å²) in [7, 11) is 0. The number of H-pyrrole nitrogens is 1. The number of aryl methyl sites for hydroxylation is 1. The van der Waals surface area contributed by atoms with Crippen molar-refractivity contribution in [2.75, 3.05) is 11.9 Å². The molecule has 5 aromatic rings. The molecule has 1 aliphatic rings. The van der Waals surface area contributed by atoms with Crippen molar-refractivity contribution in [3.05, 3.63) is 84.3 Å². The summed E-state index contributed by atoms with van der Waals surface area (Å²) in [6.45, 7) is 3.75. The molecule has 0 aliphatic carbocycles. The first-order valence-electron chi connectivity index (χ1n) is 11.4. The number of aromatic nitrogens is 5. The molecule has 8 nitrogen and oxygen atoms in total. The molecule has 0 saturated carbocycles. The third-order valence-electron chi connectivity index (χ3n) is 5.84. The van der Waals surface area contributed by atoms with E-state index in [0.29, 0.717) is 19.7 Å². The monoisotopic (exact) mass is 484 g/mol. The smallest absolute Gasteiger partial charge is 0.183 e. The Morgan fingerprint density at radius 3 is 2.80 bits per heavy atom. The van der Waals surface area contributed by atoms with Gasteiger partial charge in [-0.2, -0.15) is 10.2 Å². The lowest BCUT2D eigenvalue weighted by Crippen LogP contribution is -2.33. The van der Waals surface area contributed by atoms with Gasteiger partial charge in [-0.15, -0.1) is 0 Å². The average Bonchev–Trinajstić information content (AvgIpc) is 3.63. The van der Waals surface area contributed by atoms with Crippen LogP contribution >= 0.6 is 11.3 Å². The summed E-state index contributed by atoms with van der Waals surface area (Å²) in [6, 6.07) is 20.0. The number of fused-ring (bicyclic) bond motifs is 1. The molecule has 1 atom stereocenters. The van der Waals surface area contributed by atoms with Crippen molar-refractivity contribution in [2.45, 2.75) is 26.1 Å². The van der Waals surface area contributed by atoms with E-state index in [1.165, 1.54) is 0 Å². The number of para-hydroxylation sites is 2. The van der Waals surface area contributed by atoms with Crippen LogP contribution in [0, 0.1) is 6.92 Å². The number of nitrogens with zero attached hydrogens (tertiary/aromatic N) is 4. The molecule has 1 aliphatic heterocycles. The highest BCUT2D eigenvalue weighted by atomic mass is 32.1. The minimum absolute atomic E-state index is 0.0915. The number of aromatic amines is 1. The Kier molecular flexibility index (Phi) is 5.67. The number of nitrogens with one attached hydrogen (secondary N) is 2. The Morgan fingerprint density at radius 2 is 1.91 bits per heavy atom. The summed E-state index contributed by atoms with van der Waals surface area (Å²) in [4.78, 5) is 5.77. The predicted molar refractivity (Wildman–Crippen MR) is 136 cm³/mol. The molecule has 0 saturated heterocycles. The predicted octanol–water partition coefficient (Wildman–Crippen LogP) is 5.16. The summed E-state index contributed by atoms with van der Waals surface area (Å²) in [5.74, 6) is 1.56. The highest BCUT2D eigenvalue weighted by molar-refractivity contribution is 7.19. The zero-order valence-corrected chi connectivity index (χ0v) is 20.0. The fourth-order valence-electron chi connectivity index (χ4n) is 4.13. The second kappa shape index (κ2) is 9.27. The van der Waals surface area contributed by atoms with Crippen molar-refractivity contribution in [2.24, 2.45) is 0 Å². The van der Waals surface area contributed by atoms with Crippen LogP contribution in [0.15, 0.2) is 73.1 Å². The van der Waals surface area contributed by atoms with Crippen LogP contribution < -0.4 is 14.8 Å². The summed E-state index contributed by atoms with van der Waals surface area (Å²) >= 11 is 1.60. The quantitative estimate of drug-likeness (QED) is 0.332. The minimum Gasteiger partial charge on any atom is -0.486 e. The number of hydrogen-bond acceptors (Lipinski definition) is 7. The van der Waals surface area contributed by atoms with Crippen LogP contribution in [0.1, 0.15) is 11.3 Å². The first-order valence-corrected chi connectivity index (χ1v) is 12.3. The van der Waals surface area contributed by atoms with Crippen LogP contribution in [-0.2, 0) is 13.1 Å². The second-order valence-corrected chi connectivity index (χ2v) is 9.34. The topological polar surface area (TPSA) is 89.9 Å². The van der Waals surface area contributed by atoms with Gasteiger partial charge in [0, 0.05) is 18.3 Å². The Morgan fingerprint density at radius 1 is 1.09 bits per heavy atom. The van der Waals surface area contributed by atoms with Gasteiger partial charge in [0.1, 0.15) is 12.3 Å². The van der Waals surface area contributed by atoms with E-state index in [9.17, 15) is 0 Å². The minimum atomic E-state index is -0.0915. The molecule has 0 radical (unpaired) electrons. The SMILES string of the molecule is Cc1nc(NCc2cn[nH]c2-c2ccccc2)sc1-c1ccn(C[C@H]2COc3ccccc3O2)n1. The number of hydrogen-bond donors (Lipinski definition) is 2. The molecule has 0 unspecified atom stereocenters. The van der Waals surface area contributed by atoms with Gasteiger partial charge >= 0.3 is 0 Å². The molecule has 176 valence electrons. The third kappa shape index (κ3) is 4.50. The molecule has 2 aromatic carbocycles. The van der Waals surface area contributed by atoms with Gasteiger partial charge in [0.2, 0.25) is 0 Å². The molecule has 35 heavy (non-hydrogen) atoms. The van der Waals surface area contributed by atoms with Crippen molar-refractivity contribution in [3.63, 3.8) is 0 Å². The lowest BCUT2D eigenvalue weighted by Gasteiger charge is -2.26. The Labute approximate surface area is 206 Å². The number of ether oxygens (including phenoxy) is 2. The molecule has 9 heteroatoms. The van der Waals surface area contributed by atoms with E-state index in [0.717, 1.165) is 49.7 Å². The molecular weight excluding hydrogens is 460 g/mol. The number of anilines is 1. The largest absolute Gasteiger partial charge is 0.486 e.